The highest BCUT2D eigenvalue weighted by molar-refractivity contribution is 6.06. The van der Waals surface area contributed by atoms with Crippen LogP contribution in [0, 0.1) is 0 Å². The van der Waals surface area contributed by atoms with Crippen molar-refractivity contribution in [3.63, 3.8) is 0 Å². The second kappa shape index (κ2) is 8.83. The number of fused-ring (bicyclic) bond motifs is 2. The predicted molar refractivity (Wildman–Crippen MR) is 140 cm³/mol. The Labute approximate surface area is 202 Å². The maximum atomic E-state index is 12.8. The molecule has 0 fully saturated rings. The van der Waals surface area contributed by atoms with Crippen molar-refractivity contribution in [3.8, 4) is 11.4 Å². The number of hydrogen-bond donors (Lipinski definition) is 2. The number of carbonyl (C=O) groups excluding carboxylic acids is 1. The molecule has 35 heavy (non-hydrogen) atoms. The first-order valence-corrected chi connectivity index (χ1v) is 11.4. The van der Waals surface area contributed by atoms with Gasteiger partial charge >= 0.3 is 0 Å². The van der Waals surface area contributed by atoms with Crippen LogP contribution in [0.1, 0.15) is 21.5 Å². The van der Waals surface area contributed by atoms with E-state index in [1.54, 1.807) is 12.1 Å². The molecule has 1 aromatic heterocycles. The van der Waals surface area contributed by atoms with Gasteiger partial charge in [0.2, 0.25) is 0 Å². The van der Waals surface area contributed by atoms with Crippen LogP contribution in [-0.2, 0) is 6.54 Å². The van der Waals surface area contributed by atoms with Crippen molar-refractivity contribution in [2.75, 3.05) is 10.6 Å². The molecule has 0 radical (unpaired) electrons. The largest absolute Gasteiger partial charge is 0.340 e. The van der Waals surface area contributed by atoms with Crippen molar-refractivity contribution in [1.82, 2.24) is 9.97 Å². The molecule has 6 heteroatoms. The minimum atomic E-state index is -0.183. The topological polar surface area (TPSA) is 79.3 Å². The third-order valence-electron chi connectivity index (χ3n) is 5.96. The highest BCUT2D eigenvalue weighted by atomic mass is 16.1. The second-order valence-corrected chi connectivity index (χ2v) is 8.29. The number of hydrogen-bond acceptors (Lipinski definition) is 5. The van der Waals surface area contributed by atoms with Gasteiger partial charge in [-0.05, 0) is 59.7 Å². The Bertz CT molecular complexity index is 1590. The molecular formula is C29H21N5O. The summed E-state index contributed by atoms with van der Waals surface area (Å²) in [5, 5.41) is 7.40. The Morgan fingerprint density at radius 3 is 2.51 bits per heavy atom. The Balaban J connectivity index is 1.41. The molecule has 0 atom stereocenters. The molecule has 6 rings (SSSR count). The van der Waals surface area contributed by atoms with Crippen LogP contribution in [-0.4, -0.2) is 22.1 Å². The van der Waals surface area contributed by atoms with Gasteiger partial charge in [-0.3, -0.25) is 9.79 Å². The third kappa shape index (κ3) is 4.13. The van der Waals surface area contributed by atoms with Crippen molar-refractivity contribution in [2.45, 2.75) is 6.54 Å². The van der Waals surface area contributed by atoms with Gasteiger partial charge in [0.05, 0.1) is 17.7 Å². The number of rotatable bonds is 5. The predicted octanol–water partition coefficient (Wildman–Crippen LogP) is 6.23. The van der Waals surface area contributed by atoms with Gasteiger partial charge in [-0.15, -0.1) is 0 Å². The van der Waals surface area contributed by atoms with Gasteiger partial charge < -0.3 is 10.6 Å². The van der Waals surface area contributed by atoms with Crippen molar-refractivity contribution < 1.29 is 4.79 Å². The van der Waals surface area contributed by atoms with E-state index in [1.807, 2.05) is 79.0 Å². The highest BCUT2D eigenvalue weighted by Crippen LogP contribution is 2.31. The van der Waals surface area contributed by atoms with E-state index in [2.05, 4.69) is 27.8 Å². The summed E-state index contributed by atoms with van der Waals surface area (Å²) in [5.74, 6) is 1.04. The van der Waals surface area contributed by atoms with E-state index >= 15 is 0 Å². The van der Waals surface area contributed by atoms with E-state index < -0.39 is 0 Å². The van der Waals surface area contributed by atoms with Gasteiger partial charge in [0.1, 0.15) is 5.82 Å². The van der Waals surface area contributed by atoms with Crippen LogP contribution in [0.5, 0.6) is 0 Å². The number of para-hydroxylation sites is 2. The zero-order valence-electron chi connectivity index (χ0n) is 18.8. The number of aliphatic imine (C=N–C) groups is 1. The van der Waals surface area contributed by atoms with E-state index in [1.165, 1.54) is 5.56 Å². The molecule has 5 aromatic rings. The van der Waals surface area contributed by atoms with Crippen LogP contribution >= 0.6 is 0 Å². The zero-order valence-corrected chi connectivity index (χ0v) is 18.8. The number of aromatic nitrogens is 2. The summed E-state index contributed by atoms with van der Waals surface area (Å²) in [4.78, 5) is 26.9. The van der Waals surface area contributed by atoms with E-state index in [0.717, 1.165) is 34.3 Å². The molecule has 1 aliphatic rings. The number of nitrogens with zero attached hydrogens (tertiary/aromatic N) is 3. The first kappa shape index (κ1) is 20.7. The van der Waals surface area contributed by atoms with Crippen LogP contribution < -0.4 is 10.6 Å². The fourth-order valence-corrected chi connectivity index (χ4v) is 4.18. The standard InChI is InChI=1S/C29H21N5O/c35-29(19-8-2-1-3-9-19)33-26-13-7-5-11-24(26)28-32-25-12-6-4-10-23(25)27(34-28)31-22-15-14-20-17-30-18-21(20)16-22/h1-16,18H,17H2,(H,33,35)(H,31,32,34). The molecule has 0 saturated heterocycles. The molecule has 0 bridgehead atoms. The number of anilines is 3. The molecule has 0 unspecified atom stereocenters. The van der Waals surface area contributed by atoms with Crippen LogP contribution in [0.2, 0.25) is 0 Å². The fraction of sp³-hybridized carbons (Fsp3) is 0.0345. The average molecular weight is 456 g/mol. The molecule has 1 amide bonds. The van der Waals surface area contributed by atoms with E-state index in [-0.39, 0.29) is 5.91 Å². The monoisotopic (exact) mass is 455 g/mol. The summed E-state index contributed by atoms with van der Waals surface area (Å²) < 4.78 is 0. The van der Waals surface area contributed by atoms with Crippen molar-refractivity contribution in [3.05, 3.63) is 114 Å². The lowest BCUT2D eigenvalue weighted by Gasteiger charge is -2.14. The molecule has 0 spiro atoms. The summed E-state index contributed by atoms with van der Waals surface area (Å²) in [7, 11) is 0. The number of carbonyl (C=O) groups is 1. The highest BCUT2D eigenvalue weighted by Gasteiger charge is 2.15. The van der Waals surface area contributed by atoms with Crippen molar-refractivity contribution in [1.29, 1.82) is 0 Å². The summed E-state index contributed by atoms with van der Waals surface area (Å²) in [6.45, 7) is 0.724. The van der Waals surface area contributed by atoms with Crippen LogP contribution in [0.15, 0.2) is 102 Å². The SMILES string of the molecule is O=C(Nc1ccccc1-c1nc(Nc2ccc3c(c2)C=NC3)c2ccccc2n1)c1ccccc1. The van der Waals surface area contributed by atoms with E-state index in [4.69, 9.17) is 9.97 Å². The molecule has 168 valence electrons. The van der Waals surface area contributed by atoms with Crippen LogP contribution in [0.3, 0.4) is 0 Å². The number of benzene rings is 4. The lowest BCUT2D eigenvalue weighted by Crippen LogP contribution is -2.12. The van der Waals surface area contributed by atoms with Crippen LogP contribution in [0.4, 0.5) is 17.2 Å². The summed E-state index contributed by atoms with van der Waals surface area (Å²) in [6, 6.07) is 30.8. The summed E-state index contributed by atoms with van der Waals surface area (Å²) in [6.07, 6.45) is 1.90. The Hall–Kier alpha value is -4.84. The van der Waals surface area contributed by atoms with E-state index in [9.17, 15) is 4.79 Å². The molecule has 6 nitrogen and oxygen atoms in total. The maximum absolute atomic E-state index is 12.8. The van der Waals surface area contributed by atoms with Crippen molar-refractivity contribution in [2.24, 2.45) is 4.99 Å². The Morgan fingerprint density at radius 1 is 0.800 bits per heavy atom. The molecule has 2 heterocycles. The average Bonchev–Trinajstić information content (AvgIpc) is 3.37. The quantitative estimate of drug-likeness (QED) is 0.329. The molecule has 0 saturated carbocycles. The summed E-state index contributed by atoms with van der Waals surface area (Å²) in [5.41, 5.74) is 6.05. The Morgan fingerprint density at radius 2 is 1.60 bits per heavy atom. The van der Waals surface area contributed by atoms with Gasteiger partial charge in [0.25, 0.3) is 5.91 Å². The maximum Gasteiger partial charge on any atom is 0.255 e. The van der Waals surface area contributed by atoms with Gasteiger partial charge in [-0.1, -0.05) is 48.5 Å². The molecule has 1 aliphatic heterocycles. The van der Waals surface area contributed by atoms with Gasteiger partial charge in [-0.25, -0.2) is 9.97 Å². The minimum Gasteiger partial charge on any atom is -0.340 e. The Kier molecular flexibility index (Phi) is 5.24. The lowest BCUT2D eigenvalue weighted by atomic mass is 10.1. The normalized spacial score (nSPS) is 11.9. The second-order valence-electron chi connectivity index (χ2n) is 8.29. The van der Waals surface area contributed by atoms with Crippen molar-refractivity contribution >= 4 is 40.2 Å². The van der Waals surface area contributed by atoms with Gasteiger partial charge in [0.15, 0.2) is 5.82 Å². The minimum absolute atomic E-state index is 0.183. The smallest absolute Gasteiger partial charge is 0.255 e. The molecule has 2 N–H and O–H groups in total. The lowest BCUT2D eigenvalue weighted by molar-refractivity contribution is 0.102. The molecule has 0 aliphatic carbocycles. The fourth-order valence-electron chi connectivity index (χ4n) is 4.18. The van der Waals surface area contributed by atoms with Gasteiger partial charge in [-0.2, -0.15) is 0 Å². The molecule has 4 aromatic carbocycles. The first-order chi connectivity index (χ1) is 17.2. The summed E-state index contributed by atoms with van der Waals surface area (Å²) >= 11 is 0. The number of amides is 1. The third-order valence-corrected chi connectivity index (χ3v) is 5.96. The van der Waals surface area contributed by atoms with Gasteiger partial charge in [0, 0.05) is 28.4 Å². The van der Waals surface area contributed by atoms with Crippen LogP contribution in [0.25, 0.3) is 22.3 Å². The van der Waals surface area contributed by atoms with E-state index in [0.29, 0.717) is 22.9 Å². The zero-order chi connectivity index (χ0) is 23.6. The molecular weight excluding hydrogens is 434 g/mol. The first-order valence-electron chi connectivity index (χ1n) is 11.4. The number of nitrogens with one attached hydrogen (secondary N) is 2.